The zero-order valence-electron chi connectivity index (χ0n) is 7.28. The zero-order valence-corrected chi connectivity index (χ0v) is 7.28. The molecule has 0 aliphatic heterocycles. The van der Waals surface area contributed by atoms with Crippen LogP contribution in [0.5, 0.6) is 0 Å². The van der Waals surface area contributed by atoms with E-state index >= 15 is 0 Å². The molecule has 0 aliphatic carbocycles. The monoisotopic (exact) mass is 211 g/mol. The first-order valence-corrected chi connectivity index (χ1v) is 3.97. The number of nitrogens with zero attached hydrogens (tertiary/aromatic N) is 3. The van der Waals surface area contributed by atoms with Crippen LogP contribution in [-0.4, -0.2) is 9.38 Å². The van der Waals surface area contributed by atoms with E-state index in [0.717, 1.165) is 12.1 Å². The van der Waals surface area contributed by atoms with Gasteiger partial charge in [-0.2, -0.15) is 18.4 Å². The van der Waals surface area contributed by atoms with Crippen LogP contribution < -0.4 is 0 Å². The highest BCUT2D eigenvalue weighted by Gasteiger charge is 2.30. The Hall–Kier alpha value is -2.03. The lowest BCUT2D eigenvalue weighted by atomic mass is 10.2. The van der Waals surface area contributed by atoms with E-state index in [-0.39, 0.29) is 11.3 Å². The smallest absolute Gasteiger partial charge is 0.306 e. The van der Waals surface area contributed by atoms with Crippen molar-refractivity contribution in [3.05, 3.63) is 35.8 Å². The van der Waals surface area contributed by atoms with Gasteiger partial charge in [-0.25, -0.2) is 4.98 Å². The van der Waals surface area contributed by atoms with E-state index < -0.39 is 11.7 Å². The number of hydrogen-bond donors (Lipinski definition) is 0. The number of imidazole rings is 1. The van der Waals surface area contributed by atoms with Gasteiger partial charge in [0.2, 0.25) is 0 Å². The quantitative estimate of drug-likeness (QED) is 0.670. The fourth-order valence-corrected chi connectivity index (χ4v) is 1.21. The predicted octanol–water partition coefficient (Wildman–Crippen LogP) is 2.22. The van der Waals surface area contributed by atoms with Crippen molar-refractivity contribution in [2.45, 2.75) is 6.18 Å². The summed E-state index contributed by atoms with van der Waals surface area (Å²) in [6.45, 7) is 0. The van der Waals surface area contributed by atoms with Crippen LogP contribution in [0.1, 0.15) is 11.3 Å². The molecular formula is C9H4F3N3. The minimum atomic E-state index is -4.39. The summed E-state index contributed by atoms with van der Waals surface area (Å²) in [4.78, 5) is 3.71. The Kier molecular flexibility index (Phi) is 1.89. The van der Waals surface area contributed by atoms with Gasteiger partial charge in [0.1, 0.15) is 11.7 Å². The molecule has 0 aromatic carbocycles. The summed E-state index contributed by atoms with van der Waals surface area (Å²) in [7, 11) is 0. The van der Waals surface area contributed by atoms with Gasteiger partial charge in [-0.15, -0.1) is 0 Å². The summed E-state index contributed by atoms with van der Waals surface area (Å²) in [5.41, 5.74) is -0.569. The second-order valence-corrected chi connectivity index (χ2v) is 2.92. The van der Waals surface area contributed by atoms with E-state index in [1.54, 1.807) is 6.07 Å². The maximum atomic E-state index is 12.3. The Labute approximate surface area is 82.4 Å². The summed E-state index contributed by atoms with van der Waals surface area (Å²) >= 11 is 0. The standard InChI is InChI=1S/C9H4F3N3/c10-9(11,12)6-1-2-15-5-7(4-13)14-8(15)3-6/h1-3,5H. The number of nitriles is 1. The molecule has 3 nitrogen and oxygen atoms in total. The predicted molar refractivity (Wildman–Crippen MR) is 44.9 cm³/mol. The van der Waals surface area contributed by atoms with Gasteiger partial charge in [-0.05, 0) is 12.1 Å². The lowest BCUT2D eigenvalue weighted by molar-refractivity contribution is -0.137. The second kappa shape index (κ2) is 2.98. The Bertz CT molecular complexity index is 548. The molecule has 0 saturated heterocycles. The summed E-state index contributed by atoms with van der Waals surface area (Å²) in [6.07, 6.45) is -1.79. The largest absolute Gasteiger partial charge is 0.416 e. The van der Waals surface area contributed by atoms with E-state index in [9.17, 15) is 13.2 Å². The Balaban J connectivity index is 2.62. The van der Waals surface area contributed by atoms with Crippen LogP contribution in [0.15, 0.2) is 24.5 Å². The van der Waals surface area contributed by atoms with Gasteiger partial charge in [0.25, 0.3) is 0 Å². The summed E-state index contributed by atoms with van der Waals surface area (Å²) < 4.78 is 38.3. The van der Waals surface area contributed by atoms with Crippen LogP contribution in [0, 0.1) is 11.3 Å². The molecule has 0 N–H and O–H groups in total. The first-order chi connectivity index (χ1) is 7.00. The number of hydrogen-bond acceptors (Lipinski definition) is 2. The average molecular weight is 211 g/mol. The van der Waals surface area contributed by atoms with Crippen molar-refractivity contribution >= 4 is 5.65 Å². The van der Waals surface area contributed by atoms with E-state index in [1.807, 2.05) is 0 Å². The molecule has 0 spiro atoms. The number of alkyl halides is 3. The van der Waals surface area contributed by atoms with Gasteiger partial charge in [0.15, 0.2) is 5.69 Å². The highest BCUT2D eigenvalue weighted by molar-refractivity contribution is 5.45. The van der Waals surface area contributed by atoms with Crippen LogP contribution in [0.25, 0.3) is 5.65 Å². The van der Waals surface area contributed by atoms with Crippen molar-refractivity contribution in [1.29, 1.82) is 5.26 Å². The summed E-state index contributed by atoms with van der Waals surface area (Å²) in [6, 6.07) is 3.61. The second-order valence-electron chi connectivity index (χ2n) is 2.92. The van der Waals surface area contributed by atoms with Crippen molar-refractivity contribution in [3.8, 4) is 6.07 Å². The molecule has 2 aromatic heterocycles. The molecule has 2 aromatic rings. The zero-order chi connectivity index (χ0) is 11.1. The highest BCUT2D eigenvalue weighted by atomic mass is 19.4. The number of rotatable bonds is 0. The Morgan fingerprint density at radius 3 is 2.73 bits per heavy atom. The van der Waals surface area contributed by atoms with Gasteiger partial charge in [0, 0.05) is 12.4 Å². The van der Waals surface area contributed by atoms with Crippen molar-refractivity contribution in [3.63, 3.8) is 0 Å². The molecule has 0 unspecified atom stereocenters. The minimum Gasteiger partial charge on any atom is -0.306 e. The van der Waals surface area contributed by atoms with Crippen LogP contribution in [-0.2, 0) is 6.18 Å². The van der Waals surface area contributed by atoms with Gasteiger partial charge >= 0.3 is 6.18 Å². The third-order valence-corrected chi connectivity index (χ3v) is 1.90. The normalized spacial score (nSPS) is 11.6. The van der Waals surface area contributed by atoms with Crippen molar-refractivity contribution < 1.29 is 13.2 Å². The fraction of sp³-hybridized carbons (Fsp3) is 0.111. The molecular weight excluding hydrogens is 207 g/mol. The highest BCUT2D eigenvalue weighted by Crippen LogP contribution is 2.29. The lowest BCUT2D eigenvalue weighted by Gasteiger charge is -2.05. The minimum absolute atomic E-state index is 0.0920. The Morgan fingerprint density at radius 1 is 1.40 bits per heavy atom. The summed E-state index contributed by atoms with van der Waals surface area (Å²) in [5.74, 6) is 0. The van der Waals surface area contributed by atoms with E-state index in [4.69, 9.17) is 5.26 Å². The van der Waals surface area contributed by atoms with Crippen LogP contribution in [0.4, 0.5) is 13.2 Å². The summed E-state index contributed by atoms with van der Waals surface area (Å²) in [5, 5.41) is 8.52. The molecule has 0 saturated carbocycles. The van der Waals surface area contributed by atoms with Gasteiger partial charge in [-0.3, -0.25) is 0 Å². The lowest BCUT2D eigenvalue weighted by Crippen LogP contribution is -2.05. The number of aromatic nitrogens is 2. The van der Waals surface area contributed by atoms with Crippen LogP contribution in [0.3, 0.4) is 0 Å². The molecule has 15 heavy (non-hydrogen) atoms. The van der Waals surface area contributed by atoms with E-state index in [0.29, 0.717) is 0 Å². The van der Waals surface area contributed by atoms with Crippen molar-refractivity contribution in [2.24, 2.45) is 0 Å². The third-order valence-electron chi connectivity index (χ3n) is 1.90. The molecule has 6 heteroatoms. The van der Waals surface area contributed by atoms with Crippen molar-refractivity contribution in [1.82, 2.24) is 9.38 Å². The molecule has 0 bridgehead atoms. The van der Waals surface area contributed by atoms with E-state index in [2.05, 4.69) is 4.98 Å². The SMILES string of the molecule is N#Cc1cn2ccc(C(F)(F)F)cc2n1. The first kappa shape index (κ1) is 9.52. The Morgan fingerprint density at radius 2 is 2.13 bits per heavy atom. The van der Waals surface area contributed by atoms with Gasteiger partial charge in [-0.1, -0.05) is 0 Å². The average Bonchev–Trinajstić information content (AvgIpc) is 2.57. The van der Waals surface area contributed by atoms with Crippen LogP contribution in [0.2, 0.25) is 0 Å². The van der Waals surface area contributed by atoms with E-state index in [1.165, 1.54) is 16.8 Å². The molecule has 0 amide bonds. The number of pyridine rings is 1. The van der Waals surface area contributed by atoms with Gasteiger partial charge in [0.05, 0.1) is 5.56 Å². The molecule has 2 heterocycles. The van der Waals surface area contributed by atoms with Crippen molar-refractivity contribution in [2.75, 3.05) is 0 Å². The topological polar surface area (TPSA) is 41.1 Å². The van der Waals surface area contributed by atoms with Gasteiger partial charge < -0.3 is 4.40 Å². The number of fused-ring (bicyclic) bond motifs is 1. The first-order valence-electron chi connectivity index (χ1n) is 3.97. The molecule has 0 radical (unpaired) electrons. The third kappa shape index (κ3) is 1.64. The van der Waals surface area contributed by atoms with Crippen LogP contribution >= 0.6 is 0 Å². The maximum absolute atomic E-state index is 12.3. The maximum Gasteiger partial charge on any atom is 0.416 e. The molecule has 0 atom stereocenters. The molecule has 2 rings (SSSR count). The molecule has 0 fully saturated rings. The molecule has 0 aliphatic rings. The number of halogens is 3. The molecule has 76 valence electrons. The fourth-order valence-electron chi connectivity index (χ4n) is 1.21.